The van der Waals surface area contributed by atoms with Gasteiger partial charge in [-0.15, -0.1) is 12.4 Å². The summed E-state index contributed by atoms with van der Waals surface area (Å²) in [6.07, 6.45) is 4.03. The summed E-state index contributed by atoms with van der Waals surface area (Å²) in [4.78, 5) is 25.9. The number of carbonyl (C=O) groups excluding carboxylic acids is 2. The number of likely N-dealkylation sites (tertiary alicyclic amines) is 1. The van der Waals surface area contributed by atoms with Crippen molar-refractivity contribution in [2.45, 2.75) is 51.6 Å². The predicted molar refractivity (Wildman–Crippen MR) is 80.5 cm³/mol. The quantitative estimate of drug-likeness (QED) is 0.792. The maximum atomic E-state index is 12.2. The molecule has 2 amide bonds. The zero-order valence-corrected chi connectivity index (χ0v) is 13.1. The first-order valence-corrected chi connectivity index (χ1v) is 7.34. The number of nitrogens with zero attached hydrogens (tertiary/aromatic N) is 1. The van der Waals surface area contributed by atoms with Crippen molar-refractivity contribution in [3.63, 3.8) is 0 Å². The molecule has 0 radical (unpaired) electrons. The normalized spacial score (nSPS) is 23.4. The van der Waals surface area contributed by atoms with Crippen LogP contribution < -0.4 is 11.1 Å². The van der Waals surface area contributed by atoms with Gasteiger partial charge < -0.3 is 16.0 Å². The van der Waals surface area contributed by atoms with Gasteiger partial charge in [-0.25, -0.2) is 0 Å². The van der Waals surface area contributed by atoms with Gasteiger partial charge in [-0.2, -0.15) is 0 Å². The lowest BCUT2D eigenvalue weighted by Gasteiger charge is -2.26. The van der Waals surface area contributed by atoms with E-state index in [4.69, 9.17) is 5.73 Å². The second-order valence-corrected chi connectivity index (χ2v) is 6.09. The van der Waals surface area contributed by atoms with Crippen LogP contribution in [0.1, 0.15) is 39.5 Å². The van der Waals surface area contributed by atoms with Crippen LogP contribution in [-0.2, 0) is 9.59 Å². The lowest BCUT2D eigenvalue weighted by molar-refractivity contribution is -0.140. The first kappa shape index (κ1) is 17.2. The van der Waals surface area contributed by atoms with Crippen molar-refractivity contribution in [3.8, 4) is 0 Å². The van der Waals surface area contributed by atoms with E-state index in [9.17, 15) is 9.59 Å². The number of rotatable bonds is 5. The van der Waals surface area contributed by atoms with E-state index in [1.165, 1.54) is 12.8 Å². The third-order valence-corrected chi connectivity index (χ3v) is 4.07. The van der Waals surface area contributed by atoms with Crippen LogP contribution >= 0.6 is 12.4 Å². The Kier molecular flexibility index (Phi) is 6.27. The highest BCUT2D eigenvalue weighted by molar-refractivity contribution is 5.88. The molecule has 1 aliphatic heterocycles. The summed E-state index contributed by atoms with van der Waals surface area (Å²) >= 11 is 0. The number of hydrogen-bond acceptors (Lipinski definition) is 3. The molecule has 1 aliphatic carbocycles. The smallest absolute Gasteiger partial charge is 0.242 e. The van der Waals surface area contributed by atoms with E-state index in [1.807, 2.05) is 13.8 Å². The molecule has 1 saturated carbocycles. The molecule has 20 heavy (non-hydrogen) atoms. The summed E-state index contributed by atoms with van der Waals surface area (Å²) < 4.78 is 0. The fourth-order valence-corrected chi connectivity index (χ4v) is 2.66. The fourth-order valence-electron chi connectivity index (χ4n) is 2.66. The van der Waals surface area contributed by atoms with Crippen LogP contribution in [0.15, 0.2) is 0 Å². The minimum absolute atomic E-state index is 0. The maximum Gasteiger partial charge on any atom is 0.242 e. The molecule has 116 valence electrons. The van der Waals surface area contributed by atoms with E-state index in [2.05, 4.69) is 5.32 Å². The molecule has 3 N–H and O–H groups in total. The molecule has 0 aromatic rings. The van der Waals surface area contributed by atoms with Gasteiger partial charge in [-0.05, 0) is 31.6 Å². The first-order valence-electron chi connectivity index (χ1n) is 7.34. The third kappa shape index (κ3) is 4.09. The van der Waals surface area contributed by atoms with Crippen LogP contribution in [0.4, 0.5) is 0 Å². The van der Waals surface area contributed by atoms with Gasteiger partial charge >= 0.3 is 0 Å². The van der Waals surface area contributed by atoms with Crippen molar-refractivity contribution in [3.05, 3.63) is 0 Å². The Morgan fingerprint density at radius 1 is 1.30 bits per heavy atom. The Morgan fingerprint density at radius 2 is 1.95 bits per heavy atom. The Balaban J connectivity index is 0.00000200. The Hall–Kier alpha value is -0.810. The summed E-state index contributed by atoms with van der Waals surface area (Å²) in [6.45, 7) is 4.98. The van der Waals surface area contributed by atoms with Crippen LogP contribution in [0.2, 0.25) is 0 Å². The van der Waals surface area contributed by atoms with E-state index < -0.39 is 0 Å². The van der Waals surface area contributed by atoms with Crippen molar-refractivity contribution in [1.29, 1.82) is 0 Å². The van der Waals surface area contributed by atoms with Gasteiger partial charge in [0.1, 0.15) is 6.04 Å². The summed E-state index contributed by atoms with van der Waals surface area (Å²) in [5.74, 6) is 0.561. The Labute approximate surface area is 127 Å². The van der Waals surface area contributed by atoms with Gasteiger partial charge in [-0.1, -0.05) is 13.8 Å². The van der Waals surface area contributed by atoms with E-state index >= 15 is 0 Å². The average Bonchev–Trinajstić information content (AvgIpc) is 3.12. The molecule has 0 bridgehead atoms. The second kappa shape index (κ2) is 7.27. The van der Waals surface area contributed by atoms with E-state index in [0.29, 0.717) is 19.0 Å². The molecular formula is C14H26ClN3O2. The summed E-state index contributed by atoms with van der Waals surface area (Å²) in [7, 11) is 0. The molecule has 2 unspecified atom stereocenters. The maximum absolute atomic E-state index is 12.2. The van der Waals surface area contributed by atoms with Crippen LogP contribution in [0.3, 0.4) is 0 Å². The Bertz CT molecular complexity index is 358. The summed E-state index contributed by atoms with van der Waals surface area (Å²) in [6, 6.07) is -0.221. The van der Waals surface area contributed by atoms with Crippen molar-refractivity contribution >= 4 is 24.2 Å². The highest BCUT2D eigenvalue weighted by Crippen LogP contribution is 2.31. The highest BCUT2D eigenvalue weighted by atomic mass is 35.5. The minimum atomic E-state index is -0.290. The molecule has 5 nitrogen and oxygen atoms in total. The standard InChI is InChI=1S/C14H25N3O2.ClH/c1-9(2)14(19)17-7-3-4-12(17)13(18)16-8-11(15)10-5-6-10;/h9-12H,3-8,15H2,1-2H3,(H,16,18);1H. The van der Waals surface area contributed by atoms with Gasteiger partial charge in [-0.3, -0.25) is 9.59 Å². The number of nitrogens with one attached hydrogen (secondary N) is 1. The molecular weight excluding hydrogens is 278 g/mol. The molecule has 0 spiro atoms. The monoisotopic (exact) mass is 303 g/mol. The first-order chi connectivity index (χ1) is 9.00. The molecule has 2 fully saturated rings. The summed E-state index contributed by atoms with van der Waals surface area (Å²) in [5.41, 5.74) is 5.97. The average molecular weight is 304 g/mol. The number of amides is 2. The van der Waals surface area contributed by atoms with Crippen molar-refractivity contribution in [1.82, 2.24) is 10.2 Å². The zero-order chi connectivity index (χ0) is 14.0. The van der Waals surface area contributed by atoms with Crippen LogP contribution in [0.5, 0.6) is 0 Å². The second-order valence-electron chi connectivity index (χ2n) is 6.09. The Morgan fingerprint density at radius 3 is 2.50 bits per heavy atom. The van der Waals surface area contributed by atoms with Crippen LogP contribution in [-0.4, -0.2) is 41.9 Å². The zero-order valence-electron chi connectivity index (χ0n) is 12.3. The van der Waals surface area contributed by atoms with Gasteiger partial charge in [0, 0.05) is 25.0 Å². The van der Waals surface area contributed by atoms with Gasteiger partial charge in [0.2, 0.25) is 11.8 Å². The lowest BCUT2D eigenvalue weighted by Crippen LogP contribution is -2.49. The SMILES string of the molecule is CC(C)C(=O)N1CCCC1C(=O)NCC(N)C1CC1.Cl. The van der Waals surface area contributed by atoms with Crippen molar-refractivity contribution in [2.24, 2.45) is 17.6 Å². The third-order valence-electron chi connectivity index (χ3n) is 4.07. The van der Waals surface area contributed by atoms with Gasteiger partial charge in [0.05, 0.1) is 0 Å². The lowest BCUT2D eigenvalue weighted by atomic mass is 10.1. The molecule has 2 rings (SSSR count). The van der Waals surface area contributed by atoms with E-state index in [-0.39, 0.29) is 42.2 Å². The molecule has 2 aliphatic rings. The number of halogens is 1. The summed E-state index contributed by atoms with van der Waals surface area (Å²) in [5, 5.41) is 2.91. The van der Waals surface area contributed by atoms with Crippen molar-refractivity contribution in [2.75, 3.05) is 13.1 Å². The number of hydrogen-bond donors (Lipinski definition) is 2. The molecule has 2 atom stereocenters. The topological polar surface area (TPSA) is 75.4 Å². The largest absolute Gasteiger partial charge is 0.353 e. The molecule has 0 aromatic heterocycles. The van der Waals surface area contributed by atoms with E-state index in [0.717, 1.165) is 12.8 Å². The van der Waals surface area contributed by atoms with E-state index in [1.54, 1.807) is 4.90 Å². The van der Waals surface area contributed by atoms with Crippen molar-refractivity contribution < 1.29 is 9.59 Å². The molecule has 1 saturated heterocycles. The highest BCUT2D eigenvalue weighted by Gasteiger charge is 2.35. The molecule has 0 aromatic carbocycles. The molecule has 6 heteroatoms. The number of nitrogens with two attached hydrogens (primary N) is 1. The fraction of sp³-hybridized carbons (Fsp3) is 0.857. The minimum Gasteiger partial charge on any atom is -0.353 e. The van der Waals surface area contributed by atoms with Crippen LogP contribution in [0.25, 0.3) is 0 Å². The predicted octanol–water partition coefficient (Wildman–Crippen LogP) is 0.909. The molecule has 1 heterocycles. The van der Waals surface area contributed by atoms with Gasteiger partial charge in [0.15, 0.2) is 0 Å². The van der Waals surface area contributed by atoms with Crippen LogP contribution in [0, 0.1) is 11.8 Å². The van der Waals surface area contributed by atoms with Gasteiger partial charge in [0.25, 0.3) is 0 Å². The number of carbonyl (C=O) groups is 2.